The highest BCUT2D eigenvalue weighted by molar-refractivity contribution is 7.85. The normalized spacial score (nSPS) is 11.1. The molecule has 0 unspecified atom stereocenters. The number of para-hydroxylation sites is 1. The Bertz CT molecular complexity index is 1270. The summed E-state index contributed by atoms with van der Waals surface area (Å²) in [5.74, 6) is 1.50. The smallest absolute Gasteiger partial charge is 0.261 e. The van der Waals surface area contributed by atoms with Crippen molar-refractivity contribution in [3.05, 3.63) is 66.2 Å². The van der Waals surface area contributed by atoms with Gasteiger partial charge in [0.2, 0.25) is 0 Å². The summed E-state index contributed by atoms with van der Waals surface area (Å²) in [6.45, 7) is 0. The molecule has 0 aliphatic heterocycles. The first-order valence-corrected chi connectivity index (χ1v) is 10.4. The molecule has 0 aliphatic carbocycles. The quantitative estimate of drug-likeness (QED) is 0.265. The number of benzene rings is 3. The van der Waals surface area contributed by atoms with E-state index >= 15 is 0 Å². The number of fused-ring (bicyclic) bond motifs is 2. The van der Waals surface area contributed by atoms with Gasteiger partial charge in [0.15, 0.2) is 0 Å². The first kappa shape index (κ1) is 20.4. The van der Waals surface area contributed by atoms with E-state index in [0.29, 0.717) is 11.8 Å². The highest BCUT2D eigenvalue weighted by atomic mass is 32.2. The van der Waals surface area contributed by atoms with E-state index in [9.17, 15) is 8.42 Å². The Morgan fingerprint density at radius 2 is 1.72 bits per heavy atom. The minimum absolute atomic E-state index is 0.0373. The lowest BCUT2D eigenvalue weighted by Gasteiger charge is -2.11. The van der Waals surface area contributed by atoms with Gasteiger partial charge in [0.05, 0.1) is 18.9 Å². The number of nitrogens with two attached hydrogens (primary N) is 1. The van der Waals surface area contributed by atoms with E-state index in [1.54, 1.807) is 7.11 Å². The first-order valence-electron chi connectivity index (χ1n) is 8.54. The molecular weight excluding hydrogens is 392 g/mol. The molecule has 0 fully saturated rings. The van der Waals surface area contributed by atoms with Crippen LogP contribution in [0.25, 0.3) is 33.1 Å². The molecule has 150 valence electrons. The van der Waals surface area contributed by atoms with E-state index in [1.165, 1.54) is 0 Å². The Balaban J connectivity index is 0.000000431. The van der Waals surface area contributed by atoms with Crippen LogP contribution >= 0.6 is 0 Å². The number of rotatable bonds is 3. The van der Waals surface area contributed by atoms with Crippen molar-refractivity contribution in [3.63, 3.8) is 0 Å². The van der Waals surface area contributed by atoms with E-state index in [4.69, 9.17) is 24.8 Å². The average molecular weight is 412 g/mol. The molecule has 1 heterocycles. The number of hydrogen-bond donors (Lipinski definition) is 3. The molecule has 0 atom stereocenters. The molecule has 4 N–H and O–H groups in total. The minimum Gasteiger partial charge on any atom is -0.496 e. The van der Waals surface area contributed by atoms with Crippen LogP contribution < -0.4 is 10.5 Å². The molecule has 0 saturated heterocycles. The van der Waals surface area contributed by atoms with Crippen molar-refractivity contribution in [2.75, 3.05) is 13.4 Å². The van der Waals surface area contributed by atoms with Gasteiger partial charge in [0.1, 0.15) is 22.9 Å². The van der Waals surface area contributed by atoms with Gasteiger partial charge < -0.3 is 14.9 Å². The Morgan fingerprint density at radius 3 is 2.34 bits per heavy atom. The van der Waals surface area contributed by atoms with E-state index in [1.807, 2.05) is 60.7 Å². The number of nitrogen functional groups attached to an aromatic ring is 1. The van der Waals surface area contributed by atoms with E-state index < -0.39 is 10.1 Å². The summed E-state index contributed by atoms with van der Waals surface area (Å²) in [7, 11) is -2.03. The number of hydrogen-bond acceptors (Lipinski definition) is 5. The fraction of sp³-hybridized carbons (Fsp3) is 0.0952. The lowest BCUT2D eigenvalue weighted by Crippen LogP contribution is -2.10. The van der Waals surface area contributed by atoms with E-state index in [2.05, 4.69) is 0 Å². The molecule has 0 spiro atoms. The molecule has 0 radical (unpaired) electrons. The second kappa shape index (κ2) is 7.94. The van der Waals surface area contributed by atoms with E-state index in [0.717, 1.165) is 38.8 Å². The molecular formula is C21H20N2O5S. The van der Waals surface area contributed by atoms with Gasteiger partial charge in [0, 0.05) is 10.9 Å². The zero-order chi connectivity index (χ0) is 21.2. The van der Waals surface area contributed by atoms with Crippen LogP contribution in [0.15, 0.2) is 65.1 Å². The lowest BCUT2D eigenvalue weighted by atomic mass is 9.99. The molecule has 3 aromatic carbocycles. The van der Waals surface area contributed by atoms with Crippen molar-refractivity contribution in [2.24, 2.45) is 5.73 Å². The van der Waals surface area contributed by atoms with Gasteiger partial charge >= 0.3 is 0 Å². The van der Waals surface area contributed by atoms with Crippen LogP contribution in [0, 0.1) is 5.41 Å². The van der Waals surface area contributed by atoms with Crippen LogP contribution in [0.3, 0.4) is 0 Å². The van der Waals surface area contributed by atoms with Crippen molar-refractivity contribution >= 4 is 37.7 Å². The number of ether oxygens (including phenoxy) is 1. The molecule has 0 saturated carbocycles. The van der Waals surface area contributed by atoms with Crippen LogP contribution in [0.1, 0.15) is 5.56 Å². The van der Waals surface area contributed by atoms with Crippen LogP contribution in [0.2, 0.25) is 0 Å². The van der Waals surface area contributed by atoms with E-state index in [-0.39, 0.29) is 5.84 Å². The topological polar surface area (TPSA) is 127 Å². The second-order valence-corrected chi connectivity index (χ2v) is 7.84. The number of methoxy groups -OCH3 is 1. The fourth-order valence-electron chi connectivity index (χ4n) is 3.00. The second-order valence-electron chi connectivity index (χ2n) is 6.37. The van der Waals surface area contributed by atoms with Crippen LogP contribution in [0.4, 0.5) is 0 Å². The summed E-state index contributed by atoms with van der Waals surface area (Å²) in [5.41, 5.74) is 8.03. The van der Waals surface area contributed by atoms with Crippen molar-refractivity contribution in [3.8, 4) is 17.1 Å². The number of nitrogens with one attached hydrogen (secondary N) is 1. The Hall–Kier alpha value is -3.36. The van der Waals surface area contributed by atoms with Crippen molar-refractivity contribution in [2.45, 2.75) is 0 Å². The molecule has 7 nitrogen and oxygen atoms in total. The predicted molar refractivity (Wildman–Crippen MR) is 114 cm³/mol. The van der Waals surface area contributed by atoms with Crippen LogP contribution in [0.5, 0.6) is 5.75 Å². The van der Waals surface area contributed by atoms with Gasteiger partial charge in [-0.15, -0.1) is 0 Å². The molecule has 0 amide bonds. The van der Waals surface area contributed by atoms with Crippen molar-refractivity contribution in [1.29, 1.82) is 5.41 Å². The number of amidine groups is 1. The monoisotopic (exact) mass is 412 g/mol. The average Bonchev–Trinajstić information content (AvgIpc) is 3.08. The molecule has 4 rings (SSSR count). The summed E-state index contributed by atoms with van der Waals surface area (Å²) in [5, 5.41) is 10.7. The van der Waals surface area contributed by atoms with Gasteiger partial charge in [-0.3, -0.25) is 9.96 Å². The van der Waals surface area contributed by atoms with Crippen molar-refractivity contribution in [1.82, 2.24) is 0 Å². The molecule has 4 aromatic rings. The third-order valence-electron chi connectivity index (χ3n) is 4.19. The minimum atomic E-state index is -3.67. The summed E-state index contributed by atoms with van der Waals surface area (Å²) < 4.78 is 37.5. The summed E-state index contributed by atoms with van der Waals surface area (Å²) in [6.07, 6.45) is 0.715. The molecule has 29 heavy (non-hydrogen) atoms. The SMILES string of the molecule is COc1ccc2ccc(C(=N)N)cc2c1-c1cc2ccccc2o1.CS(=O)(=O)O. The Kier molecular flexibility index (Phi) is 5.58. The zero-order valence-corrected chi connectivity index (χ0v) is 16.7. The lowest BCUT2D eigenvalue weighted by molar-refractivity contribution is 0.415. The van der Waals surface area contributed by atoms with Gasteiger partial charge in [-0.2, -0.15) is 8.42 Å². The predicted octanol–water partition coefficient (Wildman–Crippen LogP) is 4.05. The van der Waals surface area contributed by atoms with Gasteiger partial charge in [-0.05, 0) is 35.0 Å². The summed E-state index contributed by atoms with van der Waals surface area (Å²) >= 11 is 0. The Labute approximate surface area is 168 Å². The highest BCUT2D eigenvalue weighted by Gasteiger charge is 2.16. The summed E-state index contributed by atoms with van der Waals surface area (Å²) in [4.78, 5) is 0. The number of furan rings is 1. The largest absolute Gasteiger partial charge is 0.496 e. The third kappa shape index (κ3) is 4.74. The maximum Gasteiger partial charge on any atom is 0.261 e. The maximum absolute atomic E-state index is 9.19. The highest BCUT2D eigenvalue weighted by Crippen LogP contribution is 2.39. The van der Waals surface area contributed by atoms with Crippen LogP contribution in [-0.4, -0.2) is 32.2 Å². The third-order valence-corrected chi connectivity index (χ3v) is 4.19. The molecule has 1 aromatic heterocycles. The first-order chi connectivity index (χ1) is 13.7. The van der Waals surface area contributed by atoms with Gasteiger partial charge in [-0.25, -0.2) is 0 Å². The maximum atomic E-state index is 9.19. The summed E-state index contributed by atoms with van der Waals surface area (Å²) in [6, 6.07) is 19.5. The fourth-order valence-corrected chi connectivity index (χ4v) is 3.00. The van der Waals surface area contributed by atoms with Crippen LogP contribution in [-0.2, 0) is 10.1 Å². The Morgan fingerprint density at radius 1 is 1.07 bits per heavy atom. The zero-order valence-electron chi connectivity index (χ0n) is 15.8. The molecule has 8 heteroatoms. The molecule has 0 bridgehead atoms. The standard InChI is InChI=1S/C20H16N2O2.CH4O3S/c1-23-17-9-8-12-6-7-14(20(21)22)10-15(12)19(17)18-11-13-4-2-3-5-16(13)24-18;1-5(2,3)4/h2-11H,1H3,(H3,21,22);1H3,(H,2,3,4). The van der Waals surface area contributed by atoms with Gasteiger partial charge in [-0.1, -0.05) is 36.4 Å². The van der Waals surface area contributed by atoms with Crippen molar-refractivity contribution < 1.29 is 22.1 Å². The van der Waals surface area contributed by atoms with Gasteiger partial charge in [0.25, 0.3) is 10.1 Å². The molecule has 0 aliphatic rings.